The highest BCUT2D eigenvalue weighted by Crippen LogP contribution is 2.49. The van der Waals surface area contributed by atoms with Crippen LogP contribution in [0.4, 0.5) is 5.69 Å². The second-order valence-corrected chi connectivity index (χ2v) is 6.63. The summed E-state index contributed by atoms with van der Waals surface area (Å²) in [5.74, 6) is 2.19. The van der Waals surface area contributed by atoms with Gasteiger partial charge in [0, 0.05) is 23.4 Å². The van der Waals surface area contributed by atoms with E-state index in [2.05, 4.69) is 23.3 Å². The Kier molecular flexibility index (Phi) is 4.20. The third-order valence-corrected chi connectivity index (χ3v) is 4.99. The van der Waals surface area contributed by atoms with Gasteiger partial charge in [-0.15, -0.1) is 0 Å². The topological polar surface area (TPSA) is 60.0 Å². The Morgan fingerprint density at radius 2 is 2.04 bits per heavy atom. The first kappa shape index (κ1) is 16.7. The summed E-state index contributed by atoms with van der Waals surface area (Å²) in [7, 11) is 3.74. The maximum Gasteiger partial charge on any atom is 0.231 e. The number of anilines is 1. The number of carbonyl (C=O) groups is 1. The minimum absolute atomic E-state index is 0.0612. The fourth-order valence-corrected chi connectivity index (χ4v) is 3.57. The van der Waals surface area contributed by atoms with Gasteiger partial charge in [-0.3, -0.25) is 9.69 Å². The standard InChI is InChI=1S/C20H22N2O4/c1-12(23)13-4-6-15(7-5-13)21-20-17-14(8-9-22(20)2)10-16-18(19(17)24-3)26-11-25-16/h4-7,10,20-21H,8-9,11H2,1-3H3/t20-/m1/s1. The molecule has 2 aliphatic heterocycles. The fourth-order valence-electron chi connectivity index (χ4n) is 3.57. The number of carbonyl (C=O) groups excluding carboxylic acids is 1. The number of nitrogens with one attached hydrogen (secondary N) is 1. The van der Waals surface area contributed by atoms with E-state index in [0.717, 1.165) is 35.7 Å². The van der Waals surface area contributed by atoms with E-state index in [1.807, 2.05) is 24.3 Å². The lowest BCUT2D eigenvalue weighted by molar-refractivity contribution is 0.101. The molecule has 1 atom stereocenters. The lowest BCUT2D eigenvalue weighted by Gasteiger charge is -2.36. The first-order valence-electron chi connectivity index (χ1n) is 8.65. The van der Waals surface area contributed by atoms with Crippen LogP contribution < -0.4 is 19.5 Å². The van der Waals surface area contributed by atoms with E-state index in [9.17, 15) is 4.79 Å². The van der Waals surface area contributed by atoms with Crippen molar-refractivity contribution in [3.63, 3.8) is 0 Å². The molecule has 0 saturated carbocycles. The van der Waals surface area contributed by atoms with Crippen molar-refractivity contribution in [1.82, 2.24) is 4.90 Å². The minimum atomic E-state index is -0.0635. The Hall–Kier alpha value is -2.73. The summed E-state index contributed by atoms with van der Waals surface area (Å²) in [5, 5.41) is 3.56. The van der Waals surface area contributed by atoms with Crippen LogP contribution in [0, 0.1) is 0 Å². The molecule has 26 heavy (non-hydrogen) atoms. The molecule has 6 heteroatoms. The van der Waals surface area contributed by atoms with Gasteiger partial charge in [0.2, 0.25) is 12.5 Å². The van der Waals surface area contributed by atoms with E-state index in [4.69, 9.17) is 14.2 Å². The van der Waals surface area contributed by atoms with Gasteiger partial charge in [0.15, 0.2) is 17.3 Å². The van der Waals surface area contributed by atoms with Gasteiger partial charge in [-0.25, -0.2) is 0 Å². The van der Waals surface area contributed by atoms with Crippen molar-refractivity contribution in [2.45, 2.75) is 19.5 Å². The highest BCUT2D eigenvalue weighted by Gasteiger charge is 2.33. The molecule has 0 unspecified atom stereocenters. The summed E-state index contributed by atoms with van der Waals surface area (Å²) in [5.41, 5.74) is 3.91. The molecule has 0 aromatic heterocycles. The van der Waals surface area contributed by atoms with E-state index in [1.165, 1.54) is 5.56 Å². The predicted molar refractivity (Wildman–Crippen MR) is 98.3 cm³/mol. The van der Waals surface area contributed by atoms with E-state index >= 15 is 0 Å². The minimum Gasteiger partial charge on any atom is -0.492 e. The lowest BCUT2D eigenvalue weighted by Crippen LogP contribution is -2.37. The van der Waals surface area contributed by atoms with Gasteiger partial charge in [0.25, 0.3) is 0 Å². The number of nitrogens with zero attached hydrogens (tertiary/aromatic N) is 1. The summed E-state index contributed by atoms with van der Waals surface area (Å²) >= 11 is 0. The van der Waals surface area contributed by atoms with Crippen LogP contribution in [0.15, 0.2) is 30.3 Å². The van der Waals surface area contributed by atoms with Crippen molar-refractivity contribution in [2.75, 3.05) is 32.8 Å². The largest absolute Gasteiger partial charge is 0.492 e. The number of methoxy groups -OCH3 is 1. The number of hydrogen-bond acceptors (Lipinski definition) is 6. The van der Waals surface area contributed by atoms with Crippen LogP contribution >= 0.6 is 0 Å². The van der Waals surface area contributed by atoms with Crippen molar-refractivity contribution in [2.24, 2.45) is 0 Å². The molecule has 0 fully saturated rings. The molecule has 0 aliphatic carbocycles. The average Bonchev–Trinajstić information content (AvgIpc) is 3.11. The summed E-state index contributed by atoms with van der Waals surface area (Å²) < 4.78 is 16.9. The Labute approximate surface area is 152 Å². The Balaban J connectivity index is 1.72. The van der Waals surface area contributed by atoms with E-state index < -0.39 is 0 Å². The first-order chi connectivity index (χ1) is 12.6. The monoisotopic (exact) mass is 354 g/mol. The van der Waals surface area contributed by atoms with Gasteiger partial charge in [-0.2, -0.15) is 0 Å². The molecule has 2 aliphatic rings. The van der Waals surface area contributed by atoms with Gasteiger partial charge in [0.1, 0.15) is 6.17 Å². The molecule has 2 aromatic carbocycles. The molecule has 0 spiro atoms. The van der Waals surface area contributed by atoms with Crippen molar-refractivity contribution >= 4 is 11.5 Å². The van der Waals surface area contributed by atoms with Crippen LogP contribution in [-0.4, -0.2) is 38.2 Å². The zero-order valence-electron chi connectivity index (χ0n) is 15.2. The number of ether oxygens (including phenoxy) is 3. The van der Waals surface area contributed by atoms with Crippen molar-refractivity contribution in [3.05, 3.63) is 47.0 Å². The van der Waals surface area contributed by atoms with Gasteiger partial charge in [0.05, 0.1) is 7.11 Å². The molecule has 2 aromatic rings. The second kappa shape index (κ2) is 6.53. The highest BCUT2D eigenvalue weighted by molar-refractivity contribution is 5.94. The van der Waals surface area contributed by atoms with Crippen LogP contribution in [0.2, 0.25) is 0 Å². The Bertz CT molecular complexity index is 848. The molecule has 1 N–H and O–H groups in total. The second-order valence-electron chi connectivity index (χ2n) is 6.63. The molecule has 2 heterocycles. The predicted octanol–water partition coefficient (Wildman–Crippen LogP) is 3.23. The first-order valence-corrected chi connectivity index (χ1v) is 8.65. The van der Waals surface area contributed by atoms with Crippen molar-refractivity contribution in [3.8, 4) is 17.2 Å². The molecule has 0 radical (unpaired) electrons. The van der Waals surface area contributed by atoms with Crippen molar-refractivity contribution < 1.29 is 19.0 Å². The Morgan fingerprint density at radius 3 is 2.73 bits per heavy atom. The maximum atomic E-state index is 11.5. The number of Topliss-reactive ketones (excluding diaryl/α,β-unsaturated/α-hetero) is 1. The third kappa shape index (κ3) is 2.76. The van der Waals surface area contributed by atoms with Crippen LogP contribution in [0.3, 0.4) is 0 Å². The number of likely N-dealkylation sites (N-methyl/N-ethyl adjacent to an activating group) is 1. The number of rotatable bonds is 4. The molecule has 6 nitrogen and oxygen atoms in total. The summed E-state index contributed by atoms with van der Waals surface area (Å²) in [4.78, 5) is 13.7. The van der Waals surface area contributed by atoms with Crippen molar-refractivity contribution in [1.29, 1.82) is 0 Å². The molecule has 4 rings (SSSR count). The summed E-state index contributed by atoms with van der Waals surface area (Å²) in [6.45, 7) is 2.70. The van der Waals surface area contributed by atoms with Gasteiger partial charge in [-0.1, -0.05) is 0 Å². The molecule has 0 bridgehead atoms. The quantitative estimate of drug-likeness (QED) is 0.851. The smallest absolute Gasteiger partial charge is 0.231 e. The molecule has 136 valence electrons. The molecular formula is C20H22N2O4. The molecule has 0 saturated heterocycles. The van der Waals surface area contributed by atoms with Crippen LogP contribution in [0.1, 0.15) is 34.6 Å². The lowest BCUT2D eigenvalue weighted by atomic mass is 9.94. The van der Waals surface area contributed by atoms with Crippen LogP contribution in [0.5, 0.6) is 17.2 Å². The van der Waals surface area contributed by atoms with Gasteiger partial charge >= 0.3 is 0 Å². The van der Waals surface area contributed by atoms with E-state index in [0.29, 0.717) is 11.3 Å². The Morgan fingerprint density at radius 1 is 1.27 bits per heavy atom. The highest BCUT2D eigenvalue weighted by atomic mass is 16.7. The zero-order chi connectivity index (χ0) is 18.3. The molecular weight excluding hydrogens is 332 g/mol. The molecule has 0 amide bonds. The fraction of sp³-hybridized carbons (Fsp3) is 0.350. The normalized spacial score (nSPS) is 18.3. The number of benzene rings is 2. The average molecular weight is 354 g/mol. The maximum absolute atomic E-state index is 11.5. The third-order valence-electron chi connectivity index (χ3n) is 4.99. The van der Waals surface area contributed by atoms with Crippen LogP contribution in [-0.2, 0) is 6.42 Å². The number of hydrogen-bond donors (Lipinski definition) is 1. The summed E-state index contributed by atoms with van der Waals surface area (Å²) in [6.07, 6.45) is 0.853. The van der Waals surface area contributed by atoms with E-state index in [1.54, 1.807) is 14.0 Å². The van der Waals surface area contributed by atoms with Crippen LogP contribution in [0.25, 0.3) is 0 Å². The number of fused-ring (bicyclic) bond motifs is 2. The van der Waals surface area contributed by atoms with E-state index in [-0.39, 0.29) is 18.7 Å². The SMILES string of the molecule is COc1c2c(cc3c1[C@H](Nc1ccc(C(C)=O)cc1)N(C)CC3)OCO2. The van der Waals surface area contributed by atoms with Gasteiger partial charge < -0.3 is 19.5 Å². The van der Waals surface area contributed by atoms with Gasteiger partial charge in [-0.05, 0) is 56.3 Å². The summed E-state index contributed by atoms with van der Waals surface area (Å²) in [6, 6.07) is 9.59. The number of ketones is 1. The zero-order valence-corrected chi connectivity index (χ0v) is 15.2.